The lowest BCUT2D eigenvalue weighted by atomic mass is 10.1. The van der Waals surface area contributed by atoms with Crippen molar-refractivity contribution in [2.45, 2.75) is 54.1 Å². The number of carbonyl (C=O) groups is 1. The fourth-order valence-electron chi connectivity index (χ4n) is 1.35. The molecule has 3 nitrogen and oxygen atoms in total. The van der Waals surface area contributed by atoms with Crippen molar-refractivity contribution in [2.75, 3.05) is 5.32 Å². The Bertz CT molecular complexity index is 482. The van der Waals surface area contributed by atoms with Crippen LogP contribution in [-0.2, 0) is 4.74 Å². The number of nitrogens with one attached hydrogen (secondary N) is 1. The number of ether oxygens (including phenoxy) is 1. The quantitative estimate of drug-likeness (QED) is 0.720. The van der Waals surface area contributed by atoms with Gasteiger partial charge in [-0.2, -0.15) is 0 Å². The zero-order chi connectivity index (χ0) is 16.1. The lowest BCUT2D eigenvalue weighted by molar-refractivity contribution is 0.0635. The summed E-state index contributed by atoms with van der Waals surface area (Å²) in [6.07, 6.45) is -0.670. The highest BCUT2D eigenvalue weighted by Crippen LogP contribution is 2.28. The second-order valence-electron chi connectivity index (χ2n) is 5.10. The normalized spacial score (nSPS) is 10.4. The van der Waals surface area contributed by atoms with Gasteiger partial charge in [-0.05, 0) is 51.8 Å². The second kappa shape index (κ2) is 7.62. The van der Waals surface area contributed by atoms with Crippen LogP contribution < -0.4 is 5.32 Å². The van der Waals surface area contributed by atoms with Gasteiger partial charge in [-0.15, -0.1) is 0 Å². The van der Waals surface area contributed by atoms with Crippen molar-refractivity contribution >= 4 is 27.7 Å². The van der Waals surface area contributed by atoms with Crippen LogP contribution in [0.5, 0.6) is 0 Å². The van der Waals surface area contributed by atoms with Gasteiger partial charge in [0.15, 0.2) is 0 Å². The minimum atomic E-state index is -0.670. The maximum atomic E-state index is 13.9. The van der Waals surface area contributed by atoms with Gasteiger partial charge in [-0.3, -0.25) is 5.32 Å². The van der Waals surface area contributed by atoms with Gasteiger partial charge >= 0.3 is 6.09 Å². The van der Waals surface area contributed by atoms with E-state index in [1.807, 2.05) is 13.8 Å². The monoisotopic (exact) mass is 347 g/mol. The number of halogens is 2. The van der Waals surface area contributed by atoms with E-state index in [0.717, 1.165) is 10.0 Å². The molecular weight excluding hydrogens is 325 g/mol. The summed E-state index contributed by atoms with van der Waals surface area (Å²) in [5.74, 6) is -0.443. The average Bonchev–Trinajstić information content (AvgIpc) is 2.33. The van der Waals surface area contributed by atoms with E-state index in [1.54, 1.807) is 34.6 Å². The molecule has 5 heteroatoms. The molecule has 1 aromatic rings. The molecule has 0 aliphatic carbocycles. The van der Waals surface area contributed by atoms with Gasteiger partial charge in [0.2, 0.25) is 0 Å². The van der Waals surface area contributed by atoms with E-state index >= 15 is 0 Å². The molecule has 0 spiro atoms. The summed E-state index contributed by atoms with van der Waals surface area (Å²) in [5, 5.41) is 2.41. The van der Waals surface area contributed by atoms with Crippen molar-refractivity contribution in [1.82, 2.24) is 0 Å². The molecule has 1 aromatic carbocycles. The fourth-order valence-corrected chi connectivity index (χ4v) is 1.87. The highest BCUT2D eigenvalue weighted by atomic mass is 79.9. The molecule has 0 fully saturated rings. The molecule has 0 saturated heterocycles. The summed E-state index contributed by atoms with van der Waals surface area (Å²) in [6.45, 7) is 12.7. The number of rotatable bonds is 1. The van der Waals surface area contributed by atoms with E-state index in [4.69, 9.17) is 4.74 Å². The zero-order valence-corrected chi connectivity index (χ0v) is 14.7. The Morgan fingerprint density at radius 1 is 1.25 bits per heavy atom. The van der Waals surface area contributed by atoms with Crippen molar-refractivity contribution in [2.24, 2.45) is 0 Å². The number of amides is 1. The van der Waals surface area contributed by atoms with Crippen LogP contribution in [0, 0.1) is 19.7 Å². The summed E-state index contributed by atoms with van der Waals surface area (Å²) in [6, 6.07) is 1.53. The van der Waals surface area contributed by atoms with Gasteiger partial charge in [0.05, 0.1) is 5.69 Å². The molecule has 0 aliphatic heterocycles. The Labute approximate surface area is 129 Å². The van der Waals surface area contributed by atoms with Gasteiger partial charge in [0, 0.05) is 4.47 Å². The van der Waals surface area contributed by atoms with Gasteiger partial charge in [0.25, 0.3) is 0 Å². The van der Waals surface area contributed by atoms with Gasteiger partial charge in [-0.25, -0.2) is 9.18 Å². The predicted molar refractivity (Wildman–Crippen MR) is 84.8 cm³/mol. The maximum absolute atomic E-state index is 13.9. The summed E-state index contributed by atoms with van der Waals surface area (Å²) in [4.78, 5) is 11.6. The molecule has 0 aliphatic rings. The summed E-state index contributed by atoms with van der Waals surface area (Å²) >= 11 is 3.32. The minimum absolute atomic E-state index is 0.110. The first kappa shape index (κ1) is 18.9. The first-order valence-electron chi connectivity index (χ1n) is 6.57. The Balaban J connectivity index is 0.00000172. The summed E-state index contributed by atoms with van der Waals surface area (Å²) in [7, 11) is 0. The van der Waals surface area contributed by atoms with Crippen molar-refractivity contribution in [1.29, 1.82) is 0 Å². The molecule has 1 amide bonds. The van der Waals surface area contributed by atoms with Crippen molar-refractivity contribution in [3.8, 4) is 0 Å². The summed E-state index contributed by atoms with van der Waals surface area (Å²) < 4.78 is 19.8. The molecule has 0 unspecified atom stereocenters. The first-order chi connectivity index (χ1) is 9.11. The molecule has 1 rings (SSSR count). The number of anilines is 1. The topological polar surface area (TPSA) is 38.3 Å². The number of hydrogen-bond donors (Lipinski definition) is 1. The SMILES string of the molecule is CC.Cc1c(Br)cc(NC(=O)OC(C)(C)C)c(F)c1C. The van der Waals surface area contributed by atoms with Crippen LogP contribution in [0.15, 0.2) is 10.5 Å². The predicted octanol–water partition coefficient (Wildman–Crippen LogP) is 5.58. The molecule has 0 radical (unpaired) electrons. The summed E-state index contributed by atoms with van der Waals surface area (Å²) in [5.41, 5.74) is 0.800. The Morgan fingerprint density at radius 3 is 2.20 bits per heavy atom. The molecule has 1 N–H and O–H groups in total. The first-order valence-corrected chi connectivity index (χ1v) is 7.36. The van der Waals surface area contributed by atoms with E-state index in [9.17, 15) is 9.18 Å². The second-order valence-corrected chi connectivity index (χ2v) is 5.95. The number of benzene rings is 1. The van der Waals surface area contributed by atoms with E-state index in [0.29, 0.717) is 5.56 Å². The highest BCUT2D eigenvalue weighted by Gasteiger charge is 2.19. The van der Waals surface area contributed by atoms with Crippen LogP contribution in [-0.4, -0.2) is 11.7 Å². The lowest BCUT2D eigenvalue weighted by Crippen LogP contribution is -2.27. The van der Waals surface area contributed by atoms with Crippen molar-refractivity contribution < 1.29 is 13.9 Å². The Kier molecular flexibility index (Phi) is 7.20. The average molecular weight is 348 g/mol. The van der Waals surface area contributed by atoms with Crippen LogP contribution in [0.1, 0.15) is 45.7 Å². The molecule has 20 heavy (non-hydrogen) atoms. The van der Waals surface area contributed by atoms with Gasteiger partial charge in [0.1, 0.15) is 11.4 Å². The Morgan fingerprint density at radius 2 is 1.75 bits per heavy atom. The van der Waals surface area contributed by atoms with Crippen LogP contribution in [0.2, 0.25) is 0 Å². The van der Waals surface area contributed by atoms with Gasteiger partial charge in [-0.1, -0.05) is 29.8 Å². The largest absolute Gasteiger partial charge is 0.444 e. The Hall–Kier alpha value is -1.10. The molecule has 0 aromatic heterocycles. The zero-order valence-electron chi connectivity index (χ0n) is 13.1. The maximum Gasteiger partial charge on any atom is 0.412 e. The van der Waals surface area contributed by atoms with Gasteiger partial charge < -0.3 is 4.74 Å². The highest BCUT2D eigenvalue weighted by molar-refractivity contribution is 9.10. The van der Waals surface area contributed by atoms with Crippen molar-refractivity contribution in [3.05, 3.63) is 27.5 Å². The third kappa shape index (κ3) is 5.49. The van der Waals surface area contributed by atoms with Crippen LogP contribution in [0.4, 0.5) is 14.9 Å². The van der Waals surface area contributed by atoms with Crippen LogP contribution in [0.25, 0.3) is 0 Å². The molecule has 0 saturated carbocycles. The minimum Gasteiger partial charge on any atom is -0.444 e. The molecule has 114 valence electrons. The third-order valence-electron chi connectivity index (χ3n) is 2.39. The van der Waals surface area contributed by atoms with Crippen LogP contribution >= 0.6 is 15.9 Å². The fraction of sp³-hybridized carbons (Fsp3) is 0.533. The third-order valence-corrected chi connectivity index (χ3v) is 3.22. The lowest BCUT2D eigenvalue weighted by Gasteiger charge is -2.20. The molecule has 0 heterocycles. The standard InChI is InChI=1S/C13H17BrFNO2.C2H6/c1-7-8(2)11(15)10(6-9(7)14)16-12(17)18-13(3,4)5;1-2/h6H,1-5H3,(H,16,17);1-2H3. The van der Waals surface area contributed by atoms with E-state index in [1.165, 1.54) is 6.07 Å². The van der Waals surface area contributed by atoms with E-state index in [-0.39, 0.29) is 5.69 Å². The number of hydrogen-bond acceptors (Lipinski definition) is 2. The van der Waals surface area contributed by atoms with E-state index in [2.05, 4.69) is 21.2 Å². The molecule has 0 atom stereocenters. The van der Waals surface area contributed by atoms with Crippen LogP contribution in [0.3, 0.4) is 0 Å². The van der Waals surface area contributed by atoms with Crippen molar-refractivity contribution in [3.63, 3.8) is 0 Å². The molecule has 0 bridgehead atoms. The number of carbonyl (C=O) groups excluding carboxylic acids is 1. The smallest absolute Gasteiger partial charge is 0.412 e. The molecular formula is C15H23BrFNO2. The van der Waals surface area contributed by atoms with E-state index < -0.39 is 17.5 Å².